The van der Waals surface area contributed by atoms with Crippen LogP contribution in [-0.4, -0.2) is 17.9 Å². The Kier molecular flexibility index (Phi) is 2.56. The highest BCUT2D eigenvalue weighted by atomic mass is 79.9. The van der Waals surface area contributed by atoms with Crippen LogP contribution in [0.3, 0.4) is 0 Å². The van der Waals surface area contributed by atoms with Gasteiger partial charge in [0.15, 0.2) is 11.5 Å². The van der Waals surface area contributed by atoms with Gasteiger partial charge in [-0.25, -0.2) is 0 Å². The normalized spacial score (nSPS) is 12.9. The Bertz CT molecular complexity index is 428. The monoisotopic (exact) mass is 272 g/mol. The molecule has 4 nitrogen and oxygen atoms in total. The molecule has 0 aromatic heterocycles. The molecule has 0 amide bonds. The summed E-state index contributed by atoms with van der Waals surface area (Å²) >= 11 is 3.36. The van der Waals surface area contributed by atoms with Crippen molar-refractivity contribution in [3.63, 3.8) is 0 Å². The van der Waals surface area contributed by atoms with Crippen molar-refractivity contribution >= 4 is 21.9 Å². The molecule has 0 aliphatic carbocycles. The van der Waals surface area contributed by atoms with E-state index in [2.05, 4.69) is 15.9 Å². The zero-order valence-corrected chi connectivity index (χ0v) is 9.63. The molecule has 1 aliphatic heterocycles. The van der Waals surface area contributed by atoms with Crippen LogP contribution < -0.4 is 9.47 Å². The lowest BCUT2D eigenvalue weighted by atomic mass is 10.0. The Balaban J connectivity index is 2.55. The molecule has 0 saturated carbocycles. The second-order valence-corrected chi connectivity index (χ2v) is 4.12. The standard InChI is InChI=1S/C10H9BrO4/c1-5-6(2-9(12)13)10-8(3-7(5)11)14-4-15-10/h3H,2,4H2,1H3,(H,12,13). The highest BCUT2D eigenvalue weighted by Crippen LogP contribution is 2.41. The number of carbonyl (C=O) groups is 1. The molecule has 80 valence electrons. The number of benzene rings is 1. The van der Waals surface area contributed by atoms with E-state index in [9.17, 15) is 4.79 Å². The Morgan fingerprint density at radius 2 is 2.33 bits per heavy atom. The number of carboxylic acids is 1. The molecule has 1 N–H and O–H groups in total. The molecule has 0 spiro atoms. The third-order valence-electron chi connectivity index (χ3n) is 2.31. The smallest absolute Gasteiger partial charge is 0.307 e. The predicted molar refractivity (Wildman–Crippen MR) is 56.3 cm³/mol. The van der Waals surface area contributed by atoms with Crippen LogP contribution in [0, 0.1) is 6.92 Å². The molecule has 5 heteroatoms. The number of hydrogen-bond acceptors (Lipinski definition) is 3. The summed E-state index contributed by atoms with van der Waals surface area (Å²) in [4.78, 5) is 10.7. The van der Waals surface area contributed by atoms with Crippen LogP contribution in [0.2, 0.25) is 0 Å². The number of ether oxygens (including phenoxy) is 2. The Morgan fingerprint density at radius 1 is 1.60 bits per heavy atom. The molecule has 15 heavy (non-hydrogen) atoms. The molecule has 0 atom stereocenters. The number of aliphatic carboxylic acids is 1. The van der Waals surface area contributed by atoms with E-state index in [1.807, 2.05) is 6.92 Å². The van der Waals surface area contributed by atoms with Gasteiger partial charge < -0.3 is 14.6 Å². The summed E-state index contributed by atoms with van der Waals surface area (Å²) in [5.41, 5.74) is 1.55. The molecule has 1 aromatic rings. The van der Waals surface area contributed by atoms with Gasteiger partial charge in [-0.15, -0.1) is 0 Å². The number of hydrogen-bond donors (Lipinski definition) is 1. The molecular weight excluding hydrogens is 264 g/mol. The fourth-order valence-corrected chi connectivity index (χ4v) is 1.98. The summed E-state index contributed by atoms with van der Waals surface area (Å²) in [7, 11) is 0. The van der Waals surface area contributed by atoms with Gasteiger partial charge in [0.1, 0.15) is 0 Å². The second-order valence-electron chi connectivity index (χ2n) is 3.27. The van der Waals surface area contributed by atoms with Crippen molar-refractivity contribution < 1.29 is 19.4 Å². The van der Waals surface area contributed by atoms with Crippen LogP contribution >= 0.6 is 15.9 Å². The Hall–Kier alpha value is -1.23. The van der Waals surface area contributed by atoms with Crippen LogP contribution in [-0.2, 0) is 11.2 Å². The lowest BCUT2D eigenvalue weighted by Crippen LogP contribution is -2.04. The summed E-state index contributed by atoms with van der Waals surface area (Å²) in [6, 6.07) is 1.79. The SMILES string of the molecule is Cc1c(Br)cc2c(c1CC(=O)O)OCO2. The molecule has 0 radical (unpaired) electrons. The van der Waals surface area contributed by atoms with Crippen molar-refractivity contribution in [2.24, 2.45) is 0 Å². The van der Waals surface area contributed by atoms with Crippen LogP contribution in [0.15, 0.2) is 10.5 Å². The fourth-order valence-electron chi connectivity index (χ4n) is 1.53. The van der Waals surface area contributed by atoms with Gasteiger partial charge in [-0.1, -0.05) is 15.9 Å². The van der Waals surface area contributed by atoms with E-state index in [1.165, 1.54) is 0 Å². The number of rotatable bonds is 2. The number of halogens is 1. The number of carboxylic acid groups (broad SMARTS) is 1. The van der Waals surface area contributed by atoms with Gasteiger partial charge in [-0.2, -0.15) is 0 Å². The van der Waals surface area contributed by atoms with Crippen LogP contribution in [0.5, 0.6) is 11.5 Å². The summed E-state index contributed by atoms with van der Waals surface area (Å²) in [6.07, 6.45) is -0.0586. The first-order valence-corrected chi connectivity index (χ1v) is 5.18. The molecule has 1 heterocycles. The zero-order valence-electron chi connectivity index (χ0n) is 8.04. The van der Waals surface area contributed by atoms with E-state index in [0.29, 0.717) is 17.1 Å². The first kappa shape index (κ1) is 10.3. The van der Waals surface area contributed by atoms with Crippen molar-refractivity contribution in [2.45, 2.75) is 13.3 Å². The van der Waals surface area contributed by atoms with Crippen molar-refractivity contribution in [3.05, 3.63) is 21.7 Å². The summed E-state index contributed by atoms with van der Waals surface area (Å²) < 4.78 is 11.3. The lowest BCUT2D eigenvalue weighted by Gasteiger charge is -2.09. The maximum atomic E-state index is 10.7. The average Bonchev–Trinajstić information content (AvgIpc) is 2.59. The Morgan fingerprint density at radius 3 is 3.00 bits per heavy atom. The van der Waals surface area contributed by atoms with E-state index in [0.717, 1.165) is 10.0 Å². The third kappa shape index (κ3) is 1.79. The average molecular weight is 273 g/mol. The van der Waals surface area contributed by atoms with Gasteiger partial charge in [0, 0.05) is 10.0 Å². The van der Waals surface area contributed by atoms with E-state index >= 15 is 0 Å². The molecule has 0 bridgehead atoms. The first-order chi connectivity index (χ1) is 7.09. The van der Waals surface area contributed by atoms with Gasteiger partial charge in [0.25, 0.3) is 0 Å². The predicted octanol–water partition coefficient (Wildman–Crippen LogP) is 2.11. The molecule has 0 fully saturated rings. The van der Waals surface area contributed by atoms with Crippen LogP contribution in [0.4, 0.5) is 0 Å². The highest BCUT2D eigenvalue weighted by Gasteiger charge is 2.23. The zero-order chi connectivity index (χ0) is 11.0. The minimum atomic E-state index is -0.881. The van der Waals surface area contributed by atoms with E-state index in [4.69, 9.17) is 14.6 Å². The lowest BCUT2D eigenvalue weighted by molar-refractivity contribution is -0.136. The second kappa shape index (κ2) is 3.73. The Labute approximate surface area is 94.9 Å². The summed E-state index contributed by atoms with van der Waals surface area (Å²) in [6.45, 7) is 2.00. The minimum Gasteiger partial charge on any atom is -0.481 e. The van der Waals surface area contributed by atoms with Crippen molar-refractivity contribution in [1.29, 1.82) is 0 Å². The van der Waals surface area contributed by atoms with Gasteiger partial charge in [-0.3, -0.25) is 4.79 Å². The van der Waals surface area contributed by atoms with Crippen molar-refractivity contribution in [1.82, 2.24) is 0 Å². The van der Waals surface area contributed by atoms with Crippen LogP contribution in [0.1, 0.15) is 11.1 Å². The van der Waals surface area contributed by atoms with Crippen molar-refractivity contribution in [2.75, 3.05) is 6.79 Å². The van der Waals surface area contributed by atoms with Gasteiger partial charge in [0.05, 0.1) is 6.42 Å². The highest BCUT2D eigenvalue weighted by molar-refractivity contribution is 9.10. The summed E-state index contributed by atoms with van der Waals surface area (Å²) in [5.74, 6) is 0.274. The third-order valence-corrected chi connectivity index (χ3v) is 3.14. The van der Waals surface area contributed by atoms with Gasteiger partial charge in [-0.05, 0) is 18.6 Å². The molecular formula is C10H9BrO4. The maximum Gasteiger partial charge on any atom is 0.307 e. The first-order valence-electron chi connectivity index (χ1n) is 4.39. The molecule has 1 aromatic carbocycles. The number of fused-ring (bicyclic) bond motifs is 1. The molecule has 2 rings (SSSR count). The van der Waals surface area contributed by atoms with Crippen LogP contribution in [0.25, 0.3) is 0 Å². The molecule has 0 unspecified atom stereocenters. The quantitative estimate of drug-likeness (QED) is 0.896. The maximum absolute atomic E-state index is 10.7. The largest absolute Gasteiger partial charge is 0.481 e. The topological polar surface area (TPSA) is 55.8 Å². The summed E-state index contributed by atoms with van der Waals surface area (Å²) in [5, 5.41) is 8.80. The van der Waals surface area contributed by atoms with E-state index in [-0.39, 0.29) is 13.2 Å². The minimum absolute atomic E-state index is 0.0586. The van der Waals surface area contributed by atoms with Crippen molar-refractivity contribution in [3.8, 4) is 11.5 Å². The van der Waals surface area contributed by atoms with Gasteiger partial charge >= 0.3 is 5.97 Å². The van der Waals surface area contributed by atoms with Gasteiger partial charge in [0.2, 0.25) is 6.79 Å². The van der Waals surface area contributed by atoms with E-state index < -0.39 is 5.97 Å². The molecule has 0 saturated heterocycles. The van der Waals surface area contributed by atoms with E-state index in [1.54, 1.807) is 6.07 Å². The fraction of sp³-hybridized carbons (Fsp3) is 0.300. The molecule has 1 aliphatic rings.